The number of hydrogen-bond donors (Lipinski definition) is 2. The Bertz CT molecular complexity index is 1670. The number of carbonyl (C=O) groups excluding carboxylic acids is 1. The van der Waals surface area contributed by atoms with E-state index in [1.807, 2.05) is 18.2 Å². The van der Waals surface area contributed by atoms with Crippen molar-refractivity contribution in [2.45, 2.75) is 13.3 Å². The van der Waals surface area contributed by atoms with Crippen LogP contribution in [0.25, 0.3) is 40.0 Å². The molecule has 0 aliphatic carbocycles. The number of hydrogen-bond acceptors (Lipinski definition) is 5. The summed E-state index contributed by atoms with van der Waals surface area (Å²) in [6.45, 7) is 2.11. The maximum Gasteiger partial charge on any atom is 0.250 e. The summed E-state index contributed by atoms with van der Waals surface area (Å²) in [7, 11) is 0. The molecule has 1 amide bonds. The van der Waals surface area contributed by atoms with E-state index in [0.29, 0.717) is 49.8 Å². The van der Waals surface area contributed by atoms with Gasteiger partial charge in [-0.15, -0.1) is 0 Å². The van der Waals surface area contributed by atoms with Crippen molar-refractivity contribution in [2.75, 3.05) is 5.32 Å². The highest BCUT2D eigenvalue weighted by molar-refractivity contribution is 7.80. The van der Waals surface area contributed by atoms with Gasteiger partial charge in [-0.25, -0.2) is 4.98 Å². The molecule has 3 aromatic carbocycles. The number of oxazole rings is 1. The molecule has 0 aliphatic heterocycles. The Morgan fingerprint density at radius 2 is 1.84 bits per heavy atom. The highest BCUT2D eigenvalue weighted by Gasteiger charge is 2.12. The fourth-order valence-electron chi connectivity index (χ4n) is 3.77. The summed E-state index contributed by atoms with van der Waals surface area (Å²) < 4.78 is 11.7. The lowest BCUT2D eigenvalue weighted by atomic mass is 10.1. The normalized spacial score (nSPS) is 11.2. The van der Waals surface area contributed by atoms with Gasteiger partial charge < -0.3 is 14.2 Å². The molecule has 5 rings (SSSR count). The third kappa shape index (κ3) is 5.81. The number of nitrogens with one attached hydrogen (secondary N) is 2. The van der Waals surface area contributed by atoms with Gasteiger partial charge in [0.2, 0.25) is 11.8 Å². The van der Waals surface area contributed by atoms with Crippen LogP contribution in [0.4, 0.5) is 5.69 Å². The number of carbonyl (C=O) groups is 1. The maximum atomic E-state index is 12.4. The quantitative estimate of drug-likeness (QED) is 0.161. The monoisotopic (exact) mass is 561 g/mol. The highest BCUT2D eigenvalue weighted by Crippen LogP contribution is 2.34. The van der Waals surface area contributed by atoms with Crippen molar-refractivity contribution in [1.29, 1.82) is 0 Å². The first-order valence-electron chi connectivity index (χ1n) is 11.7. The van der Waals surface area contributed by atoms with Crippen LogP contribution >= 0.6 is 35.4 Å². The van der Waals surface area contributed by atoms with Gasteiger partial charge in [0.15, 0.2) is 10.7 Å². The number of aryl methyl sites for hydroxylation is 1. The molecule has 0 bridgehead atoms. The second kappa shape index (κ2) is 11.2. The summed E-state index contributed by atoms with van der Waals surface area (Å²) in [5, 5.41) is 6.59. The number of amides is 1. The lowest BCUT2D eigenvalue weighted by Crippen LogP contribution is -2.32. The van der Waals surface area contributed by atoms with Crippen LogP contribution < -0.4 is 10.6 Å². The molecule has 0 unspecified atom stereocenters. The van der Waals surface area contributed by atoms with E-state index >= 15 is 0 Å². The van der Waals surface area contributed by atoms with E-state index in [1.165, 1.54) is 17.7 Å². The van der Waals surface area contributed by atoms with Gasteiger partial charge in [-0.3, -0.25) is 10.1 Å². The van der Waals surface area contributed by atoms with E-state index in [9.17, 15) is 4.79 Å². The molecular formula is C29H21Cl2N3O3S. The summed E-state index contributed by atoms with van der Waals surface area (Å²) in [4.78, 5) is 17.0. The predicted molar refractivity (Wildman–Crippen MR) is 156 cm³/mol. The van der Waals surface area contributed by atoms with Gasteiger partial charge in [-0.05, 0) is 84.9 Å². The van der Waals surface area contributed by atoms with Crippen LogP contribution in [0.2, 0.25) is 10.0 Å². The number of rotatable bonds is 6. The van der Waals surface area contributed by atoms with Crippen LogP contribution in [0, 0.1) is 0 Å². The van der Waals surface area contributed by atoms with E-state index in [-0.39, 0.29) is 5.11 Å². The average Bonchev–Trinajstić information content (AvgIpc) is 3.56. The van der Waals surface area contributed by atoms with Crippen molar-refractivity contribution in [3.63, 3.8) is 0 Å². The fraction of sp³-hybridized carbons (Fsp3) is 0.0690. The molecular weight excluding hydrogens is 541 g/mol. The molecule has 0 radical (unpaired) electrons. The lowest BCUT2D eigenvalue weighted by Gasteiger charge is -2.07. The minimum atomic E-state index is -0.415. The molecule has 2 N–H and O–H groups in total. The summed E-state index contributed by atoms with van der Waals surface area (Å²) in [6.07, 6.45) is 3.83. The largest absolute Gasteiger partial charge is 0.457 e. The molecule has 190 valence electrons. The maximum absolute atomic E-state index is 12.4. The van der Waals surface area contributed by atoms with Crippen molar-refractivity contribution in [1.82, 2.24) is 10.3 Å². The average molecular weight is 562 g/mol. The van der Waals surface area contributed by atoms with Gasteiger partial charge in [0.1, 0.15) is 17.0 Å². The summed E-state index contributed by atoms with van der Waals surface area (Å²) in [5.41, 5.74) is 4.81. The molecule has 6 nitrogen and oxygen atoms in total. The molecule has 9 heteroatoms. The Balaban J connectivity index is 1.20. The van der Waals surface area contributed by atoms with Crippen molar-refractivity contribution in [3.05, 3.63) is 100 Å². The Hall–Kier alpha value is -3.91. The highest BCUT2D eigenvalue weighted by atomic mass is 35.5. The van der Waals surface area contributed by atoms with Gasteiger partial charge in [-0.1, -0.05) is 48.3 Å². The minimum Gasteiger partial charge on any atom is -0.457 e. The zero-order valence-electron chi connectivity index (χ0n) is 20.1. The first-order valence-corrected chi connectivity index (χ1v) is 12.9. The zero-order chi connectivity index (χ0) is 26.6. The van der Waals surface area contributed by atoms with Gasteiger partial charge in [-0.2, -0.15) is 0 Å². The standard InChI is InChI=1S/C29H21Cl2N3O3S/c1-2-17-6-8-18(9-7-17)28-33-23-16-19(10-13-25(23)37-28)32-29(38)34-26(35)15-12-20-11-14-24(36-20)21-4-3-5-22(30)27(21)31/h3-16H,2H2,1H3,(H2,32,34,35,38). The van der Waals surface area contributed by atoms with Crippen LogP contribution in [-0.4, -0.2) is 16.0 Å². The molecule has 2 heterocycles. The fourth-order valence-corrected chi connectivity index (χ4v) is 4.38. The van der Waals surface area contributed by atoms with Crippen LogP contribution in [-0.2, 0) is 11.2 Å². The molecule has 0 saturated carbocycles. The summed E-state index contributed by atoms with van der Waals surface area (Å²) in [5.74, 6) is 1.14. The van der Waals surface area contributed by atoms with E-state index in [0.717, 1.165) is 12.0 Å². The second-order valence-electron chi connectivity index (χ2n) is 8.33. The molecule has 0 spiro atoms. The van der Waals surface area contributed by atoms with Gasteiger partial charge in [0.25, 0.3) is 0 Å². The van der Waals surface area contributed by atoms with Gasteiger partial charge in [0, 0.05) is 22.9 Å². The topological polar surface area (TPSA) is 80.3 Å². The van der Waals surface area contributed by atoms with Crippen molar-refractivity contribution < 1.29 is 13.6 Å². The van der Waals surface area contributed by atoms with Crippen LogP contribution in [0.3, 0.4) is 0 Å². The minimum absolute atomic E-state index is 0.142. The molecule has 38 heavy (non-hydrogen) atoms. The molecule has 0 saturated heterocycles. The summed E-state index contributed by atoms with van der Waals surface area (Å²) >= 11 is 17.6. The number of fused-ring (bicyclic) bond motifs is 1. The first kappa shape index (κ1) is 25.7. The third-order valence-electron chi connectivity index (χ3n) is 5.73. The predicted octanol–water partition coefficient (Wildman–Crippen LogP) is 8.15. The molecule has 5 aromatic rings. The SMILES string of the molecule is CCc1ccc(-c2nc3cc(NC(=S)NC(=O)C=Cc4ccc(-c5cccc(Cl)c5Cl)o4)ccc3o2)cc1. The van der Waals surface area contributed by atoms with Crippen molar-refractivity contribution in [3.8, 4) is 22.8 Å². The van der Waals surface area contributed by atoms with Crippen LogP contribution in [0.1, 0.15) is 18.2 Å². The first-order chi connectivity index (χ1) is 18.4. The smallest absolute Gasteiger partial charge is 0.250 e. The molecule has 0 atom stereocenters. The Kier molecular flexibility index (Phi) is 7.60. The third-order valence-corrected chi connectivity index (χ3v) is 6.76. The Morgan fingerprint density at radius 1 is 1.03 bits per heavy atom. The van der Waals surface area contributed by atoms with E-state index < -0.39 is 5.91 Å². The van der Waals surface area contributed by atoms with Crippen molar-refractivity contribution >= 4 is 69.3 Å². The second-order valence-corrected chi connectivity index (χ2v) is 9.53. The number of aromatic nitrogens is 1. The number of nitrogens with zero attached hydrogens (tertiary/aromatic N) is 1. The number of benzene rings is 3. The van der Waals surface area contributed by atoms with E-state index in [1.54, 1.807) is 42.5 Å². The number of furan rings is 1. The lowest BCUT2D eigenvalue weighted by molar-refractivity contribution is -0.115. The number of thiocarbonyl (C=S) groups is 1. The molecule has 0 aliphatic rings. The van der Waals surface area contributed by atoms with Crippen LogP contribution in [0.15, 0.2) is 87.7 Å². The number of anilines is 1. The van der Waals surface area contributed by atoms with Gasteiger partial charge in [0.05, 0.1) is 10.0 Å². The molecule has 2 aromatic heterocycles. The zero-order valence-corrected chi connectivity index (χ0v) is 22.5. The Morgan fingerprint density at radius 3 is 2.63 bits per heavy atom. The van der Waals surface area contributed by atoms with E-state index in [4.69, 9.17) is 44.3 Å². The number of halogens is 2. The van der Waals surface area contributed by atoms with Crippen LogP contribution in [0.5, 0.6) is 0 Å². The Labute approximate surface area is 234 Å². The van der Waals surface area contributed by atoms with Crippen molar-refractivity contribution in [2.24, 2.45) is 0 Å². The van der Waals surface area contributed by atoms with Gasteiger partial charge >= 0.3 is 0 Å². The summed E-state index contributed by atoms with van der Waals surface area (Å²) in [6, 6.07) is 22.3. The van der Waals surface area contributed by atoms with E-state index in [2.05, 4.69) is 34.7 Å². The molecule has 0 fully saturated rings.